The summed E-state index contributed by atoms with van der Waals surface area (Å²) in [6, 6.07) is 3.86. The molecule has 1 heterocycles. The summed E-state index contributed by atoms with van der Waals surface area (Å²) in [6.07, 6.45) is 5.61. The topological polar surface area (TPSA) is 58.2 Å². The minimum Gasteiger partial charge on any atom is -0.317 e. The van der Waals surface area contributed by atoms with E-state index >= 15 is 0 Å². The second-order valence-electron chi connectivity index (χ2n) is 6.23. The van der Waals surface area contributed by atoms with Gasteiger partial charge in [0.05, 0.1) is 0 Å². The summed E-state index contributed by atoms with van der Waals surface area (Å²) >= 11 is 1.40. The maximum absolute atomic E-state index is 12.5. The average Bonchev–Trinajstić information content (AvgIpc) is 3.13. The summed E-state index contributed by atoms with van der Waals surface area (Å²) in [7, 11) is -3.33. The van der Waals surface area contributed by atoms with E-state index < -0.39 is 10.0 Å². The molecule has 2 bridgehead atoms. The van der Waals surface area contributed by atoms with Gasteiger partial charge in [-0.15, -0.1) is 11.3 Å². The van der Waals surface area contributed by atoms with E-state index in [2.05, 4.69) is 17.0 Å². The monoisotopic (exact) mass is 328 g/mol. The number of hydrogen-bond donors (Lipinski definition) is 2. The first kappa shape index (κ1) is 15.5. The molecule has 1 aromatic heterocycles. The van der Waals surface area contributed by atoms with Crippen LogP contribution in [0.4, 0.5) is 0 Å². The van der Waals surface area contributed by atoms with Crippen molar-refractivity contribution in [3.05, 3.63) is 17.0 Å². The van der Waals surface area contributed by atoms with Crippen molar-refractivity contribution in [2.45, 2.75) is 49.3 Å². The highest BCUT2D eigenvalue weighted by Crippen LogP contribution is 2.45. The fraction of sp³-hybridized carbons (Fsp3) is 0.733. The van der Waals surface area contributed by atoms with Crippen molar-refractivity contribution in [3.8, 4) is 0 Å². The van der Waals surface area contributed by atoms with Gasteiger partial charge in [0.15, 0.2) is 0 Å². The Balaban J connectivity index is 1.62. The molecule has 1 aromatic rings. The third-order valence-electron chi connectivity index (χ3n) is 4.74. The summed E-state index contributed by atoms with van der Waals surface area (Å²) in [5, 5.41) is 3.26. The lowest BCUT2D eigenvalue weighted by molar-refractivity contribution is 0.390. The molecule has 0 amide bonds. The zero-order valence-corrected chi connectivity index (χ0v) is 14.1. The van der Waals surface area contributed by atoms with E-state index in [4.69, 9.17) is 0 Å². The number of hydrogen-bond acceptors (Lipinski definition) is 4. The van der Waals surface area contributed by atoms with Gasteiger partial charge in [-0.25, -0.2) is 13.1 Å². The zero-order chi connectivity index (χ0) is 14.9. The Morgan fingerprint density at radius 3 is 2.81 bits per heavy atom. The molecule has 4 nitrogen and oxygen atoms in total. The van der Waals surface area contributed by atoms with Crippen molar-refractivity contribution in [2.24, 2.45) is 11.8 Å². The van der Waals surface area contributed by atoms with Crippen molar-refractivity contribution in [1.29, 1.82) is 0 Å². The van der Waals surface area contributed by atoms with Gasteiger partial charge in [-0.05, 0) is 62.7 Å². The van der Waals surface area contributed by atoms with Gasteiger partial charge in [0, 0.05) is 10.9 Å². The van der Waals surface area contributed by atoms with Crippen LogP contribution in [0.3, 0.4) is 0 Å². The summed E-state index contributed by atoms with van der Waals surface area (Å²) in [5.41, 5.74) is 0. The summed E-state index contributed by atoms with van der Waals surface area (Å²) in [5.74, 6) is 1.32. The van der Waals surface area contributed by atoms with E-state index in [-0.39, 0.29) is 6.04 Å². The molecule has 2 fully saturated rings. The van der Waals surface area contributed by atoms with Crippen molar-refractivity contribution < 1.29 is 8.42 Å². The van der Waals surface area contributed by atoms with Gasteiger partial charge in [0.25, 0.3) is 0 Å². The number of thiophene rings is 1. The Bertz CT molecular complexity index is 582. The molecular weight excluding hydrogens is 304 g/mol. The van der Waals surface area contributed by atoms with Crippen LogP contribution < -0.4 is 10.0 Å². The highest BCUT2D eigenvalue weighted by Gasteiger charge is 2.41. The van der Waals surface area contributed by atoms with Crippen LogP contribution in [0, 0.1) is 11.8 Å². The largest absolute Gasteiger partial charge is 0.317 e. The number of likely N-dealkylation sites (N-methyl/N-ethyl adjacent to an activating group) is 1. The standard InChI is InChI=1S/C15H24N2O2S2/c1-2-16-8-7-13-5-6-15(20-13)21(18,19)17-14-10-11-3-4-12(14)9-11/h5-6,11-12,14,16-17H,2-4,7-10H2,1H3. The van der Waals surface area contributed by atoms with Crippen LogP contribution in [0.5, 0.6) is 0 Å². The fourth-order valence-corrected chi connectivity index (χ4v) is 6.36. The molecule has 3 rings (SSSR count). The van der Waals surface area contributed by atoms with Crippen molar-refractivity contribution >= 4 is 21.4 Å². The summed E-state index contributed by atoms with van der Waals surface area (Å²) in [6.45, 7) is 3.92. The van der Waals surface area contributed by atoms with E-state index in [1.807, 2.05) is 6.07 Å². The normalized spacial score (nSPS) is 28.3. The molecule has 3 atom stereocenters. The van der Waals surface area contributed by atoms with Gasteiger partial charge in [-0.3, -0.25) is 0 Å². The predicted octanol–water partition coefficient (Wildman–Crippen LogP) is 2.37. The first-order valence-corrected chi connectivity index (χ1v) is 10.2. The predicted molar refractivity (Wildman–Crippen MR) is 86.1 cm³/mol. The third-order valence-corrected chi connectivity index (χ3v) is 7.87. The Kier molecular flexibility index (Phi) is 4.69. The lowest BCUT2D eigenvalue weighted by Gasteiger charge is -2.22. The molecule has 2 N–H and O–H groups in total. The van der Waals surface area contributed by atoms with Crippen molar-refractivity contribution in [2.75, 3.05) is 13.1 Å². The highest BCUT2D eigenvalue weighted by molar-refractivity contribution is 7.91. The number of sulfonamides is 1. The molecule has 0 radical (unpaired) electrons. The van der Waals surface area contributed by atoms with Crippen molar-refractivity contribution in [1.82, 2.24) is 10.0 Å². The molecule has 0 aromatic carbocycles. The van der Waals surface area contributed by atoms with Crippen LogP contribution >= 0.6 is 11.3 Å². The summed E-state index contributed by atoms with van der Waals surface area (Å²) in [4.78, 5) is 1.13. The highest BCUT2D eigenvalue weighted by atomic mass is 32.2. The number of nitrogens with one attached hydrogen (secondary N) is 2. The van der Waals surface area contributed by atoms with Gasteiger partial charge in [0.1, 0.15) is 4.21 Å². The average molecular weight is 329 g/mol. The molecule has 2 aliphatic carbocycles. The van der Waals surface area contributed by atoms with E-state index in [0.717, 1.165) is 36.7 Å². The molecule has 0 aliphatic heterocycles. The molecule has 2 saturated carbocycles. The molecule has 6 heteroatoms. The van der Waals surface area contributed by atoms with E-state index in [0.29, 0.717) is 10.1 Å². The molecule has 3 unspecified atom stereocenters. The molecule has 2 aliphatic rings. The van der Waals surface area contributed by atoms with Crippen LogP contribution in [0.15, 0.2) is 16.3 Å². The quantitative estimate of drug-likeness (QED) is 0.756. The van der Waals surface area contributed by atoms with E-state index in [1.54, 1.807) is 6.07 Å². The minimum absolute atomic E-state index is 0.168. The van der Waals surface area contributed by atoms with Crippen LogP contribution in [0.2, 0.25) is 0 Å². The maximum atomic E-state index is 12.5. The van der Waals surface area contributed by atoms with Crippen LogP contribution in [0.1, 0.15) is 37.5 Å². The van der Waals surface area contributed by atoms with Gasteiger partial charge in [-0.2, -0.15) is 0 Å². The minimum atomic E-state index is -3.33. The summed E-state index contributed by atoms with van der Waals surface area (Å²) < 4.78 is 28.4. The molecule has 118 valence electrons. The molecular formula is C15H24N2O2S2. The third kappa shape index (κ3) is 3.50. The van der Waals surface area contributed by atoms with E-state index in [9.17, 15) is 8.42 Å². The lowest BCUT2D eigenvalue weighted by Crippen LogP contribution is -2.38. The van der Waals surface area contributed by atoms with Gasteiger partial charge >= 0.3 is 0 Å². The first-order valence-electron chi connectivity index (χ1n) is 7.90. The Hall–Kier alpha value is -0.430. The van der Waals surface area contributed by atoms with Gasteiger partial charge in [-0.1, -0.05) is 13.3 Å². The maximum Gasteiger partial charge on any atom is 0.250 e. The molecule has 0 spiro atoms. The second kappa shape index (κ2) is 6.36. The molecule has 0 saturated heterocycles. The smallest absolute Gasteiger partial charge is 0.250 e. The van der Waals surface area contributed by atoms with Crippen LogP contribution in [-0.4, -0.2) is 27.5 Å². The van der Waals surface area contributed by atoms with E-state index in [1.165, 1.54) is 30.6 Å². The zero-order valence-electron chi connectivity index (χ0n) is 12.5. The Labute approximate surface area is 131 Å². The second-order valence-corrected chi connectivity index (χ2v) is 9.34. The van der Waals surface area contributed by atoms with Gasteiger partial charge in [0.2, 0.25) is 10.0 Å². The van der Waals surface area contributed by atoms with Crippen LogP contribution in [-0.2, 0) is 16.4 Å². The van der Waals surface area contributed by atoms with Gasteiger partial charge < -0.3 is 5.32 Å². The number of rotatable bonds is 7. The first-order chi connectivity index (χ1) is 10.1. The number of fused-ring (bicyclic) bond motifs is 2. The van der Waals surface area contributed by atoms with Crippen LogP contribution in [0.25, 0.3) is 0 Å². The Morgan fingerprint density at radius 1 is 1.29 bits per heavy atom. The SMILES string of the molecule is CCNCCc1ccc(S(=O)(=O)NC2CC3CCC2C3)s1. The van der Waals surface area contributed by atoms with Crippen molar-refractivity contribution in [3.63, 3.8) is 0 Å². The molecule has 21 heavy (non-hydrogen) atoms. The fourth-order valence-electron chi connectivity index (χ4n) is 3.67. The Morgan fingerprint density at radius 2 is 2.14 bits per heavy atom. The lowest BCUT2D eigenvalue weighted by atomic mass is 9.96.